The first-order valence-corrected chi connectivity index (χ1v) is 11.3. The maximum absolute atomic E-state index is 12.8. The van der Waals surface area contributed by atoms with Crippen LogP contribution in [0.5, 0.6) is 11.5 Å². The Morgan fingerprint density at radius 3 is 2.69 bits per heavy atom. The molecule has 0 aliphatic carbocycles. The maximum atomic E-state index is 12.8. The number of imide groups is 1. The highest BCUT2D eigenvalue weighted by atomic mass is 79.9. The summed E-state index contributed by atoms with van der Waals surface area (Å²) in [5, 5.41) is -0.431. The van der Waals surface area contributed by atoms with Crippen molar-refractivity contribution in [3.05, 3.63) is 50.7 Å². The summed E-state index contributed by atoms with van der Waals surface area (Å²) in [7, 11) is 2.77. The predicted octanol–water partition coefficient (Wildman–Crippen LogP) is 5.25. The number of hydrogen-bond acceptors (Lipinski definition) is 8. The fraction of sp³-hybridized carbons (Fsp3) is 0.318. The van der Waals surface area contributed by atoms with Crippen molar-refractivity contribution in [1.82, 2.24) is 4.90 Å². The molecule has 1 aromatic heterocycles. The van der Waals surface area contributed by atoms with E-state index in [-0.39, 0.29) is 23.3 Å². The van der Waals surface area contributed by atoms with Gasteiger partial charge in [0.15, 0.2) is 11.5 Å². The molecule has 2 amide bonds. The fourth-order valence-electron chi connectivity index (χ4n) is 2.84. The van der Waals surface area contributed by atoms with Crippen LogP contribution in [-0.2, 0) is 16.1 Å². The second-order valence-corrected chi connectivity index (χ2v) is 8.74. The standard InChI is InChI=1S/C22H22BrNO7S/c1-5-12(2)30-19-15(23)8-13(9-17(19)28-3)10-18-20(25)24(22(27)32-18)11-14-6-7-16(31-14)21(26)29-4/h6-10,12H,5,11H2,1-4H3/b18-10+/t12-/m1/s1. The highest BCUT2D eigenvalue weighted by molar-refractivity contribution is 9.10. The summed E-state index contributed by atoms with van der Waals surface area (Å²) in [6.45, 7) is 3.89. The Labute approximate surface area is 198 Å². The lowest BCUT2D eigenvalue weighted by atomic mass is 10.1. The quantitative estimate of drug-likeness (QED) is 0.341. The Bertz CT molecular complexity index is 1080. The number of furan rings is 1. The van der Waals surface area contributed by atoms with Crippen molar-refractivity contribution in [1.29, 1.82) is 0 Å². The Balaban J connectivity index is 1.81. The lowest BCUT2D eigenvalue weighted by Gasteiger charge is -2.17. The van der Waals surface area contributed by atoms with E-state index in [2.05, 4.69) is 20.7 Å². The molecule has 8 nitrogen and oxygen atoms in total. The molecule has 1 aliphatic rings. The Kier molecular flexibility index (Phi) is 7.68. The average Bonchev–Trinajstić information content (AvgIpc) is 3.35. The van der Waals surface area contributed by atoms with Crippen LogP contribution in [0.25, 0.3) is 6.08 Å². The molecule has 0 bridgehead atoms. The van der Waals surface area contributed by atoms with Gasteiger partial charge in [-0.2, -0.15) is 0 Å². The maximum Gasteiger partial charge on any atom is 0.373 e. The van der Waals surface area contributed by atoms with Crippen LogP contribution in [0.2, 0.25) is 0 Å². The number of carbonyl (C=O) groups excluding carboxylic acids is 3. The second-order valence-electron chi connectivity index (χ2n) is 6.90. The molecule has 2 heterocycles. The Hall–Kier alpha value is -2.72. The Morgan fingerprint density at radius 1 is 1.28 bits per heavy atom. The molecule has 1 atom stereocenters. The molecule has 1 saturated heterocycles. The van der Waals surface area contributed by atoms with Gasteiger partial charge in [0.05, 0.1) is 36.2 Å². The van der Waals surface area contributed by atoms with Gasteiger partial charge in [-0.15, -0.1) is 0 Å². The number of amides is 2. The largest absolute Gasteiger partial charge is 0.493 e. The monoisotopic (exact) mass is 523 g/mol. The number of esters is 1. The molecule has 1 fully saturated rings. The van der Waals surface area contributed by atoms with E-state index in [4.69, 9.17) is 13.9 Å². The number of halogens is 1. The summed E-state index contributed by atoms with van der Waals surface area (Å²) in [6, 6.07) is 6.50. The van der Waals surface area contributed by atoms with E-state index in [0.717, 1.165) is 23.1 Å². The predicted molar refractivity (Wildman–Crippen MR) is 123 cm³/mol. The molecular weight excluding hydrogens is 502 g/mol. The third-order valence-electron chi connectivity index (χ3n) is 4.68. The number of rotatable bonds is 8. The van der Waals surface area contributed by atoms with Gasteiger partial charge >= 0.3 is 5.97 Å². The van der Waals surface area contributed by atoms with Crippen LogP contribution >= 0.6 is 27.7 Å². The van der Waals surface area contributed by atoms with Crippen LogP contribution in [0.15, 0.2) is 38.1 Å². The number of thioether (sulfide) groups is 1. The number of ether oxygens (including phenoxy) is 3. The topological polar surface area (TPSA) is 95.3 Å². The van der Waals surface area contributed by atoms with E-state index < -0.39 is 17.1 Å². The van der Waals surface area contributed by atoms with Crippen molar-refractivity contribution >= 4 is 50.9 Å². The van der Waals surface area contributed by atoms with Gasteiger partial charge in [-0.1, -0.05) is 6.92 Å². The molecule has 1 aliphatic heterocycles. The molecule has 1 aromatic carbocycles. The smallest absolute Gasteiger partial charge is 0.373 e. The van der Waals surface area contributed by atoms with Crippen molar-refractivity contribution < 1.29 is 33.0 Å². The summed E-state index contributed by atoms with van der Waals surface area (Å²) in [5.41, 5.74) is 0.668. The van der Waals surface area contributed by atoms with Crippen molar-refractivity contribution in [2.75, 3.05) is 14.2 Å². The summed E-state index contributed by atoms with van der Waals surface area (Å²) >= 11 is 4.32. The molecule has 0 saturated carbocycles. The molecule has 0 N–H and O–H groups in total. The van der Waals surface area contributed by atoms with Crippen LogP contribution in [0.4, 0.5) is 4.79 Å². The van der Waals surface area contributed by atoms with Gasteiger partial charge in [-0.05, 0) is 76.9 Å². The van der Waals surface area contributed by atoms with Gasteiger partial charge in [0, 0.05) is 0 Å². The summed E-state index contributed by atoms with van der Waals surface area (Å²) in [4.78, 5) is 38.1. The molecule has 170 valence electrons. The minimum absolute atomic E-state index is 0.00154. The minimum atomic E-state index is -0.634. The van der Waals surface area contributed by atoms with Crippen LogP contribution < -0.4 is 9.47 Å². The zero-order chi connectivity index (χ0) is 23.4. The number of hydrogen-bond donors (Lipinski definition) is 0. The molecule has 10 heteroatoms. The molecule has 0 radical (unpaired) electrons. The second kappa shape index (κ2) is 10.3. The number of methoxy groups -OCH3 is 2. The first-order valence-electron chi connectivity index (χ1n) is 9.73. The first kappa shape index (κ1) is 23.9. The Morgan fingerprint density at radius 2 is 2.03 bits per heavy atom. The number of carbonyl (C=O) groups is 3. The first-order chi connectivity index (χ1) is 15.3. The zero-order valence-corrected chi connectivity index (χ0v) is 20.4. The van der Waals surface area contributed by atoms with Gasteiger partial charge in [0.1, 0.15) is 5.76 Å². The van der Waals surface area contributed by atoms with E-state index in [1.807, 2.05) is 13.8 Å². The molecule has 3 rings (SSSR count). The van der Waals surface area contributed by atoms with E-state index in [1.54, 1.807) is 18.2 Å². The van der Waals surface area contributed by atoms with Gasteiger partial charge in [-0.25, -0.2) is 4.79 Å². The third-order valence-corrected chi connectivity index (χ3v) is 6.18. The van der Waals surface area contributed by atoms with Crippen LogP contribution in [0, 0.1) is 0 Å². The third kappa shape index (κ3) is 5.18. The zero-order valence-electron chi connectivity index (χ0n) is 18.0. The molecule has 32 heavy (non-hydrogen) atoms. The average molecular weight is 524 g/mol. The molecular formula is C22H22BrNO7S. The van der Waals surface area contributed by atoms with Crippen LogP contribution in [0.3, 0.4) is 0 Å². The van der Waals surface area contributed by atoms with E-state index in [0.29, 0.717) is 27.3 Å². The van der Waals surface area contributed by atoms with Gasteiger partial charge in [0.25, 0.3) is 11.1 Å². The highest BCUT2D eigenvalue weighted by Gasteiger charge is 2.36. The summed E-state index contributed by atoms with van der Waals surface area (Å²) < 4.78 is 22.0. The van der Waals surface area contributed by atoms with Gasteiger partial charge in [-0.3, -0.25) is 14.5 Å². The van der Waals surface area contributed by atoms with E-state index in [1.165, 1.54) is 26.4 Å². The lowest BCUT2D eigenvalue weighted by molar-refractivity contribution is -0.123. The van der Waals surface area contributed by atoms with Crippen molar-refractivity contribution in [3.8, 4) is 11.5 Å². The van der Waals surface area contributed by atoms with E-state index in [9.17, 15) is 14.4 Å². The van der Waals surface area contributed by atoms with Crippen LogP contribution in [-0.4, -0.2) is 42.3 Å². The SMILES string of the molecule is CC[C@@H](C)Oc1c(Br)cc(/C=C2/SC(=O)N(Cc3ccc(C(=O)OC)o3)C2=O)cc1OC. The minimum Gasteiger partial charge on any atom is -0.493 e. The summed E-state index contributed by atoms with van der Waals surface area (Å²) in [5.74, 6) is 0.297. The normalized spacial score (nSPS) is 15.9. The number of nitrogens with zero attached hydrogens (tertiary/aromatic N) is 1. The van der Waals surface area contributed by atoms with Gasteiger partial charge < -0.3 is 18.6 Å². The van der Waals surface area contributed by atoms with Crippen molar-refractivity contribution in [2.45, 2.75) is 32.9 Å². The molecule has 0 spiro atoms. The van der Waals surface area contributed by atoms with Crippen LogP contribution in [0.1, 0.15) is 42.1 Å². The molecule has 0 unspecified atom stereocenters. The summed E-state index contributed by atoms with van der Waals surface area (Å²) in [6.07, 6.45) is 2.46. The number of benzene rings is 1. The van der Waals surface area contributed by atoms with Gasteiger partial charge in [0.2, 0.25) is 5.76 Å². The fourth-order valence-corrected chi connectivity index (χ4v) is 4.23. The van der Waals surface area contributed by atoms with E-state index >= 15 is 0 Å². The highest BCUT2D eigenvalue weighted by Crippen LogP contribution is 2.40. The molecule has 2 aromatic rings. The lowest BCUT2D eigenvalue weighted by Crippen LogP contribution is -2.27. The van der Waals surface area contributed by atoms with Crippen molar-refractivity contribution in [3.63, 3.8) is 0 Å². The van der Waals surface area contributed by atoms with Crippen molar-refractivity contribution in [2.24, 2.45) is 0 Å².